The lowest BCUT2D eigenvalue weighted by Crippen LogP contribution is -2.47. The number of carbonyl (C=O) groups excluding carboxylic acids is 2. The van der Waals surface area contributed by atoms with Gasteiger partial charge in [-0.25, -0.2) is 0 Å². The van der Waals surface area contributed by atoms with Gasteiger partial charge in [-0.05, 0) is 80.8 Å². The van der Waals surface area contributed by atoms with Crippen LogP contribution in [-0.4, -0.2) is 41.9 Å². The molecule has 218 valence electrons. The van der Waals surface area contributed by atoms with Gasteiger partial charge < -0.3 is 14.7 Å². The van der Waals surface area contributed by atoms with E-state index >= 15 is 0 Å². The second kappa shape index (κ2) is 14.0. The molecule has 2 aromatic heterocycles. The fraction of sp³-hybridized carbons (Fsp3) is 0.290. The zero-order chi connectivity index (χ0) is 26.9. The molecule has 0 atom stereocenters. The Labute approximate surface area is 260 Å². The van der Waals surface area contributed by atoms with E-state index in [0.29, 0.717) is 13.1 Å². The summed E-state index contributed by atoms with van der Waals surface area (Å²) in [5.41, 5.74) is 4.66. The Kier molecular flexibility index (Phi) is 11.5. The molecule has 2 amide bonds. The molecule has 7 nitrogen and oxygen atoms in total. The van der Waals surface area contributed by atoms with Crippen molar-refractivity contribution in [2.45, 2.75) is 33.7 Å². The first-order chi connectivity index (χ1) is 18.3. The van der Waals surface area contributed by atoms with E-state index in [1.165, 1.54) is 5.56 Å². The van der Waals surface area contributed by atoms with Crippen molar-refractivity contribution >= 4 is 77.0 Å². The first kappa shape index (κ1) is 33.8. The van der Waals surface area contributed by atoms with Crippen molar-refractivity contribution in [3.8, 4) is 0 Å². The Balaban J connectivity index is 0.00000196. The smallest absolute Gasteiger partial charge is 0.242 e. The van der Waals surface area contributed by atoms with E-state index in [2.05, 4.69) is 39.1 Å². The molecular weight excluding hydrogens is 581 g/mol. The van der Waals surface area contributed by atoms with Crippen LogP contribution in [0.15, 0.2) is 79.3 Å². The number of nitrogens with zero attached hydrogens (tertiary/aromatic N) is 5. The van der Waals surface area contributed by atoms with Gasteiger partial charge in [-0.2, -0.15) is 0 Å². The zero-order valence-corrected chi connectivity index (χ0v) is 26.1. The SMILES string of the molecule is CCN1C(=O)C(C)(C)C(=O)N(C)c2cc(CN(CCc3cccnc3)c3cccc4ncccc34)ccc21.Cl.Cl.Cl. The number of fused-ring (bicyclic) bond motifs is 2. The number of hydrogen-bond acceptors (Lipinski definition) is 5. The van der Waals surface area contributed by atoms with E-state index in [4.69, 9.17) is 0 Å². The Morgan fingerprint density at radius 2 is 1.61 bits per heavy atom. The summed E-state index contributed by atoms with van der Waals surface area (Å²) in [5.74, 6) is -0.380. The number of aromatic nitrogens is 2. The number of anilines is 3. The van der Waals surface area contributed by atoms with Crippen molar-refractivity contribution < 1.29 is 9.59 Å². The third-order valence-electron chi connectivity index (χ3n) is 7.36. The van der Waals surface area contributed by atoms with Gasteiger partial charge in [0.1, 0.15) is 5.41 Å². The van der Waals surface area contributed by atoms with Crippen LogP contribution in [0.25, 0.3) is 10.9 Å². The monoisotopic (exact) mass is 615 g/mol. The standard InChI is InChI=1S/C31H33N5O2.3ClH/c1-5-36-27-14-13-23(19-28(27)34(4)29(37)31(2,3)30(36)38)21-35(18-15-22-9-7-16-32-20-22)26-12-6-11-25-24(26)10-8-17-33-25;;;/h6-14,16-17,19-20H,5,15,18,21H2,1-4H3;3*1H. The molecule has 0 N–H and O–H groups in total. The van der Waals surface area contributed by atoms with Crippen LogP contribution in [0.1, 0.15) is 31.9 Å². The summed E-state index contributed by atoms with van der Waals surface area (Å²) in [6, 6.07) is 20.4. The third kappa shape index (κ3) is 6.58. The van der Waals surface area contributed by atoms with Gasteiger partial charge in [0, 0.05) is 56.3 Å². The lowest BCUT2D eigenvalue weighted by molar-refractivity contribution is -0.137. The summed E-state index contributed by atoms with van der Waals surface area (Å²) >= 11 is 0. The number of pyridine rings is 2. The molecule has 0 bridgehead atoms. The second-order valence-electron chi connectivity index (χ2n) is 10.2. The summed E-state index contributed by atoms with van der Waals surface area (Å²) in [5, 5.41) is 1.09. The zero-order valence-electron chi connectivity index (χ0n) is 23.6. The molecule has 10 heteroatoms. The molecule has 1 aliphatic rings. The van der Waals surface area contributed by atoms with Crippen molar-refractivity contribution in [3.05, 3.63) is 90.4 Å². The maximum atomic E-state index is 13.3. The molecule has 4 aromatic rings. The fourth-order valence-electron chi connectivity index (χ4n) is 5.22. The average Bonchev–Trinajstić information content (AvgIpc) is 2.99. The second-order valence-corrected chi connectivity index (χ2v) is 10.2. The largest absolute Gasteiger partial charge is 0.366 e. The molecule has 41 heavy (non-hydrogen) atoms. The Bertz CT molecular complexity index is 1490. The van der Waals surface area contributed by atoms with Gasteiger partial charge in [-0.1, -0.05) is 18.2 Å². The van der Waals surface area contributed by atoms with Gasteiger partial charge >= 0.3 is 0 Å². The molecule has 0 fully saturated rings. The maximum absolute atomic E-state index is 13.3. The average molecular weight is 617 g/mol. The van der Waals surface area contributed by atoms with Crippen LogP contribution in [-0.2, 0) is 22.6 Å². The summed E-state index contributed by atoms with van der Waals surface area (Å²) in [6.45, 7) is 7.26. The Morgan fingerprint density at radius 3 is 2.32 bits per heavy atom. The number of amides is 2. The van der Waals surface area contributed by atoms with Crippen LogP contribution in [0.5, 0.6) is 0 Å². The first-order valence-corrected chi connectivity index (χ1v) is 13.0. The van der Waals surface area contributed by atoms with Crippen LogP contribution in [0, 0.1) is 5.41 Å². The van der Waals surface area contributed by atoms with Gasteiger partial charge in [0.15, 0.2) is 0 Å². The van der Waals surface area contributed by atoms with Crippen LogP contribution in [0.4, 0.5) is 17.1 Å². The summed E-state index contributed by atoms with van der Waals surface area (Å²) < 4.78 is 0. The molecule has 5 rings (SSSR count). The summed E-state index contributed by atoms with van der Waals surface area (Å²) in [7, 11) is 1.76. The number of carbonyl (C=O) groups is 2. The highest BCUT2D eigenvalue weighted by Gasteiger charge is 2.45. The number of halogens is 3. The summed E-state index contributed by atoms with van der Waals surface area (Å²) in [6.07, 6.45) is 6.34. The highest BCUT2D eigenvalue weighted by molar-refractivity contribution is 6.20. The minimum atomic E-state index is -1.13. The van der Waals surface area contributed by atoms with Crippen LogP contribution < -0.4 is 14.7 Å². The molecule has 0 unspecified atom stereocenters. The Morgan fingerprint density at radius 1 is 0.854 bits per heavy atom. The lowest BCUT2D eigenvalue weighted by Gasteiger charge is -2.28. The van der Waals surface area contributed by atoms with Crippen molar-refractivity contribution in [3.63, 3.8) is 0 Å². The van der Waals surface area contributed by atoms with E-state index in [-0.39, 0.29) is 49.0 Å². The van der Waals surface area contributed by atoms with Crippen molar-refractivity contribution in [1.82, 2.24) is 9.97 Å². The molecule has 2 aromatic carbocycles. The summed E-state index contributed by atoms with van der Waals surface area (Å²) in [4.78, 5) is 41.1. The van der Waals surface area contributed by atoms with Crippen LogP contribution >= 0.6 is 37.2 Å². The van der Waals surface area contributed by atoms with Crippen molar-refractivity contribution in [2.24, 2.45) is 5.41 Å². The highest BCUT2D eigenvalue weighted by atomic mass is 35.5. The molecular formula is C31H36Cl3N5O2. The van der Waals surface area contributed by atoms with Crippen molar-refractivity contribution in [1.29, 1.82) is 0 Å². The molecule has 0 spiro atoms. The molecule has 0 saturated carbocycles. The van der Waals surface area contributed by atoms with Gasteiger partial charge in [0.25, 0.3) is 0 Å². The number of benzene rings is 2. The quantitative estimate of drug-likeness (QED) is 0.222. The molecule has 3 heterocycles. The van der Waals surface area contributed by atoms with E-state index < -0.39 is 5.41 Å². The van der Waals surface area contributed by atoms with Gasteiger partial charge in [0.2, 0.25) is 11.8 Å². The number of hydrogen-bond donors (Lipinski definition) is 0. The Hall–Kier alpha value is -3.39. The number of rotatable bonds is 7. The van der Waals surface area contributed by atoms with E-state index in [1.807, 2.05) is 55.7 Å². The van der Waals surface area contributed by atoms with E-state index in [0.717, 1.165) is 46.5 Å². The normalized spacial score (nSPS) is 13.9. The predicted octanol–water partition coefficient (Wildman–Crippen LogP) is 6.50. The van der Waals surface area contributed by atoms with Crippen LogP contribution in [0.3, 0.4) is 0 Å². The minimum absolute atomic E-state index is 0. The van der Waals surface area contributed by atoms with Crippen molar-refractivity contribution in [2.75, 3.05) is 34.8 Å². The highest BCUT2D eigenvalue weighted by Crippen LogP contribution is 2.39. The van der Waals surface area contributed by atoms with Gasteiger partial charge in [0.05, 0.1) is 16.9 Å². The topological polar surface area (TPSA) is 69.6 Å². The first-order valence-electron chi connectivity index (χ1n) is 13.0. The minimum Gasteiger partial charge on any atom is -0.366 e. The maximum Gasteiger partial charge on any atom is 0.242 e. The van der Waals surface area contributed by atoms with Gasteiger partial charge in [-0.15, -0.1) is 37.2 Å². The third-order valence-corrected chi connectivity index (χ3v) is 7.36. The molecule has 0 aliphatic carbocycles. The van der Waals surface area contributed by atoms with E-state index in [1.54, 1.807) is 36.9 Å². The lowest BCUT2D eigenvalue weighted by atomic mass is 9.90. The fourth-order valence-corrected chi connectivity index (χ4v) is 5.22. The molecule has 0 saturated heterocycles. The molecule has 1 aliphatic heterocycles. The van der Waals surface area contributed by atoms with E-state index in [9.17, 15) is 9.59 Å². The van der Waals surface area contributed by atoms with Crippen LogP contribution in [0.2, 0.25) is 0 Å². The van der Waals surface area contributed by atoms with Gasteiger partial charge in [-0.3, -0.25) is 19.6 Å². The predicted molar refractivity (Wildman–Crippen MR) is 174 cm³/mol. The molecule has 0 radical (unpaired) electrons.